The van der Waals surface area contributed by atoms with E-state index < -0.39 is 0 Å². The maximum Gasteiger partial charge on any atom is 0.154 e. The number of nitrogens with one attached hydrogen (secondary N) is 1. The molecule has 88 valence electrons. The van der Waals surface area contributed by atoms with Crippen molar-refractivity contribution in [3.05, 3.63) is 54.6 Å². The maximum absolute atomic E-state index is 5.58. The minimum atomic E-state index is 0.850. The summed E-state index contributed by atoms with van der Waals surface area (Å²) in [6, 6.07) is 18.3. The zero-order chi connectivity index (χ0) is 11.9. The van der Waals surface area contributed by atoms with Gasteiger partial charge in [0.15, 0.2) is 5.75 Å². The van der Waals surface area contributed by atoms with Gasteiger partial charge in [-0.3, -0.25) is 0 Å². The standard InChI is InChI=1S/C15H17NO/c1-2-12-16-17-15-11-7-6-10-14(15)13-8-4-3-5-9-13/h3-11,16H,2,12H2,1H3. The van der Waals surface area contributed by atoms with Crippen LogP contribution >= 0.6 is 0 Å². The Balaban J connectivity index is 2.22. The summed E-state index contributed by atoms with van der Waals surface area (Å²) in [4.78, 5) is 5.58. The third-order valence-corrected chi connectivity index (χ3v) is 2.51. The third-order valence-electron chi connectivity index (χ3n) is 2.51. The van der Waals surface area contributed by atoms with E-state index in [9.17, 15) is 0 Å². The maximum atomic E-state index is 5.58. The normalized spacial score (nSPS) is 10.2. The summed E-state index contributed by atoms with van der Waals surface area (Å²) in [7, 11) is 0. The van der Waals surface area contributed by atoms with Gasteiger partial charge in [0, 0.05) is 12.1 Å². The first-order valence-electron chi connectivity index (χ1n) is 5.96. The molecule has 0 unspecified atom stereocenters. The van der Waals surface area contributed by atoms with Gasteiger partial charge in [-0.15, -0.1) is 0 Å². The third kappa shape index (κ3) is 3.08. The Kier molecular flexibility index (Phi) is 4.17. The summed E-state index contributed by atoms with van der Waals surface area (Å²) in [6.07, 6.45) is 1.05. The van der Waals surface area contributed by atoms with Gasteiger partial charge in [0.05, 0.1) is 0 Å². The van der Waals surface area contributed by atoms with Crippen LogP contribution in [-0.4, -0.2) is 6.54 Å². The Labute approximate surface area is 102 Å². The fraction of sp³-hybridized carbons (Fsp3) is 0.200. The fourth-order valence-corrected chi connectivity index (χ4v) is 1.64. The van der Waals surface area contributed by atoms with E-state index in [0.29, 0.717) is 0 Å². The molecule has 0 aliphatic heterocycles. The van der Waals surface area contributed by atoms with Crippen LogP contribution in [0.3, 0.4) is 0 Å². The number of benzene rings is 2. The van der Waals surface area contributed by atoms with Gasteiger partial charge in [-0.25, -0.2) is 0 Å². The second-order valence-electron chi connectivity index (χ2n) is 3.86. The molecule has 2 rings (SSSR count). The minimum absolute atomic E-state index is 0.850. The molecule has 0 saturated heterocycles. The highest BCUT2D eigenvalue weighted by molar-refractivity contribution is 5.70. The van der Waals surface area contributed by atoms with Crippen LogP contribution < -0.4 is 10.3 Å². The molecule has 2 aromatic carbocycles. The molecule has 2 heteroatoms. The van der Waals surface area contributed by atoms with Crippen LogP contribution in [-0.2, 0) is 0 Å². The van der Waals surface area contributed by atoms with E-state index in [1.807, 2.05) is 36.4 Å². The quantitative estimate of drug-likeness (QED) is 0.622. The van der Waals surface area contributed by atoms with Crippen LogP contribution in [0.15, 0.2) is 54.6 Å². The van der Waals surface area contributed by atoms with Gasteiger partial charge in [0.1, 0.15) is 0 Å². The SMILES string of the molecule is CCCNOc1ccccc1-c1ccccc1. The molecule has 0 aliphatic rings. The van der Waals surface area contributed by atoms with Crippen molar-refractivity contribution in [2.45, 2.75) is 13.3 Å². The predicted octanol–water partition coefficient (Wildman–Crippen LogP) is 3.65. The number of rotatable bonds is 5. The second kappa shape index (κ2) is 6.06. The second-order valence-corrected chi connectivity index (χ2v) is 3.86. The first-order chi connectivity index (χ1) is 8.42. The molecule has 17 heavy (non-hydrogen) atoms. The number of hydrogen-bond acceptors (Lipinski definition) is 2. The zero-order valence-electron chi connectivity index (χ0n) is 10.0. The molecule has 2 nitrogen and oxygen atoms in total. The molecular formula is C15H17NO. The highest BCUT2D eigenvalue weighted by Gasteiger charge is 2.04. The van der Waals surface area contributed by atoms with Crippen molar-refractivity contribution in [1.82, 2.24) is 5.48 Å². The van der Waals surface area contributed by atoms with E-state index in [1.165, 1.54) is 5.56 Å². The van der Waals surface area contributed by atoms with Gasteiger partial charge in [0.25, 0.3) is 0 Å². The van der Waals surface area contributed by atoms with Crippen molar-refractivity contribution in [2.24, 2.45) is 0 Å². The van der Waals surface area contributed by atoms with Crippen molar-refractivity contribution in [3.8, 4) is 16.9 Å². The van der Waals surface area contributed by atoms with Crippen LogP contribution in [0, 0.1) is 0 Å². The van der Waals surface area contributed by atoms with Crippen LogP contribution in [0.5, 0.6) is 5.75 Å². The summed E-state index contributed by atoms with van der Waals surface area (Å²) < 4.78 is 0. The highest BCUT2D eigenvalue weighted by Crippen LogP contribution is 2.28. The van der Waals surface area contributed by atoms with E-state index in [1.54, 1.807) is 0 Å². The van der Waals surface area contributed by atoms with Gasteiger partial charge in [0.2, 0.25) is 0 Å². The Hall–Kier alpha value is -1.80. The monoisotopic (exact) mass is 227 g/mol. The van der Waals surface area contributed by atoms with E-state index in [4.69, 9.17) is 4.84 Å². The molecule has 0 aromatic heterocycles. The zero-order valence-corrected chi connectivity index (χ0v) is 10.0. The molecule has 0 saturated carbocycles. The van der Waals surface area contributed by atoms with Crippen LogP contribution in [0.25, 0.3) is 11.1 Å². The van der Waals surface area contributed by atoms with Gasteiger partial charge in [-0.1, -0.05) is 55.5 Å². The topological polar surface area (TPSA) is 21.3 Å². The summed E-state index contributed by atoms with van der Waals surface area (Å²) in [5.41, 5.74) is 5.24. The van der Waals surface area contributed by atoms with Crippen molar-refractivity contribution in [3.63, 3.8) is 0 Å². The smallest absolute Gasteiger partial charge is 0.154 e. The summed E-state index contributed by atoms with van der Waals surface area (Å²) in [5, 5.41) is 0. The van der Waals surface area contributed by atoms with E-state index >= 15 is 0 Å². The van der Waals surface area contributed by atoms with Gasteiger partial charge in [-0.05, 0) is 18.1 Å². The molecule has 0 spiro atoms. The Morgan fingerprint density at radius 1 is 0.941 bits per heavy atom. The lowest BCUT2D eigenvalue weighted by molar-refractivity contribution is 0.197. The fourth-order valence-electron chi connectivity index (χ4n) is 1.64. The average Bonchev–Trinajstić information content (AvgIpc) is 2.41. The Morgan fingerprint density at radius 3 is 2.41 bits per heavy atom. The number of hydrogen-bond donors (Lipinski definition) is 1. The molecule has 0 atom stereocenters. The molecule has 2 aromatic rings. The Bertz CT molecular complexity index is 453. The molecule has 0 heterocycles. The van der Waals surface area contributed by atoms with E-state index in [-0.39, 0.29) is 0 Å². The lowest BCUT2D eigenvalue weighted by Crippen LogP contribution is -2.19. The minimum Gasteiger partial charge on any atom is -0.408 e. The highest BCUT2D eigenvalue weighted by atomic mass is 16.6. The first kappa shape index (κ1) is 11.7. The lowest BCUT2D eigenvalue weighted by atomic mass is 10.1. The van der Waals surface area contributed by atoms with Gasteiger partial charge in [-0.2, -0.15) is 5.48 Å². The molecule has 1 N–H and O–H groups in total. The molecule has 0 amide bonds. The van der Waals surface area contributed by atoms with Gasteiger partial charge >= 0.3 is 0 Å². The van der Waals surface area contributed by atoms with Crippen LogP contribution in [0.2, 0.25) is 0 Å². The Morgan fingerprint density at radius 2 is 1.65 bits per heavy atom. The van der Waals surface area contributed by atoms with Crippen molar-refractivity contribution in [1.29, 1.82) is 0 Å². The molecule has 0 radical (unpaired) electrons. The largest absolute Gasteiger partial charge is 0.408 e. The van der Waals surface area contributed by atoms with Crippen LogP contribution in [0.1, 0.15) is 13.3 Å². The van der Waals surface area contributed by atoms with E-state index in [0.717, 1.165) is 24.3 Å². The van der Waals surface area contributed by atoms with Gasteiger partial charge < -0.3 is 4.84 Å². The van der Waals surface area contributed by atoms with E-state index in [2.05, 4.69) is 30.6 Å². The molecular weight excluding hydrogens is 210 g/mol. The predicted molar refractivity (Wildman–Crippen MR) is 70.8 cm³/mol. The average molecular weight is 227 g/mol. The van der Waals surface area contributed by atoms with Crippen LogP contribution in [0.4, 0.5) is 0 Å². The molecule has 0 aliphatic carbocycles. The molecule has 0 fully saturated rings. The number of para-hydroxylation sites is 1. The van der Waals surface area contributed by atoms with Crippen molar-refractivity contribution < 1.29 is 4.84 Å². The molecule has 0 bridgehead atoms. The van der Waals surface area contributed by atoms with Crippen molar-refractivity contribution in [2.75, 3.05) is 6.54 Å². The summed E-state index contributed by atoms with van der Waals surface area (Å²) >= 11 is 0. The summed E-state index contributed by atoms with van der Waals surface area (Å²) in [5.74, 6) is 0.868. The summed E-state index contributed by atoms with van der Waals surface area (Å²) in [6.45, 7) is 2.96. The van der Waals surface area contributed by atoms with Crippen molar-refractivity contribution >= 4 is 0 Å². The first-order valence-corrected chi connectivity index (χ1v) is 5.96. The number of hydroxylamine groups is 1. The lowest BCUT2D eigenvalue weighted by Gasteiger charge is -2.11.